The molecule has 1 saturated heterocycles. The minimum atomic E-state index is -0.735. The van der Waals surface area contributed by atoms with Gasteiger partial charge in [-0.2, -0.15) is 5.10 Å². The summed E-state index contributed by atoms with van der Waals surface area (Å²) in [6.45, 7) is 0.974. The molecule has 1 aliphatic carbocycles. The molecule has 0 bridgehead atoms. The van der Waals surface area contributed by atoms with Crippen LogP contribution in [0.15, 0.2) is 42.7 Å². The minimum absolute atomic E-state index is 0.0959. The van der Waals surface area contributed by atoms with Crippen molar-refractivity contribution in [1.82, 2.24) is 15.1 Å². The van der Waals surface area contributed by atoms with Gasteiger partial charge in [-0.3, -0.25) is 9.48 Å². The highest BCUT2D eigenvalue weighted by Gasteiger charge is 2.47. The standard InChI is InChI=1S/C19H22FN3O3/c20-14-4-2-13(3-5-14)19(6-10-26-11-7-19)18(25)22-15-12-16(24)17(15)23-9-1-8-21-23/h1-5,8-9,15-17,24H,6-7,10-12H2,(H,22,25)/t15-,16+,17+/m0/s1. The highest BCUT2D eigenvalue weighted by Crippen LogP contribution is 2.38. The Kier molecular flexibility index (Phi) is 4.50. The van der Waals surface area contributed by atoms with Gasteiger partial charge < -0.3 is 15.2 Å². The molecule has 0 unspecified atom stereocenters. The van der Waals surface area contributed by atoms with Crippen molar-refractivity contribution >= 4 is 5.91 Å². The first-order valence-corrected chi connectivity index (χ1v) is 8.92. The largest absolute Gasteiger partial charge is 0.391 e. The van der Waals surface area contributed by atoms with Gasteiger partial charge in [0.1, 0.15) is 5.82 Å². The fourth-order valence-corrected chi connectivity index (χ4v) is 4.02. The molecular formula is C19H22FN3O3. The Hall–Kier alpha value is -2.25. The highest BCUT2D eigenvalue weighted by molar-refractivity contribution is 5.88. The van der Waals surface area contributed by atoms with E-state index in [2.05, 4.69) is 10.4 Å². The zero-order valence-electron chi connectivity index (χ0n) is 14.3. The SMILES string of the molecule is O=C(N[C@H]1C[C@@H](O)[C@@H]1n1cccn1)C1(c2ccc(F)cc2)CCOCC1. The molecule has 6 nitrogen and oxygen atoms in total. The summed E-state index contributed by atoms with van der Waals surface area (Å²) in [7, 11) is 0. The zero-order chi connectivity index (χ0) is 18.1. The van der Waals surface area contributed by atoms with Crippen molar-refractivity contribution in [2.75, 3.05) is 13.2 Å². The Morgan fingerprint density at radius 2 is 2.04 bits per heavy atom. The molecule has 1 amide bonds. The summed E-state index contributed by atoms with van der Waals surface area (Å²) < 4.78 is 20.5. The zero-order valence-corrected chi connectivity index (χ0v) is 14.3. The van der Waals surface area contributed by atoms with Gasteiger partial charge in [0.15, 0.2) is 0 Å². The first kappa shape index (κ1) is 17.2. The second-order valence-electron chi connectivity index (χ2n) is 7.06. The van der Waals surface area contributed by atoms with Crippen LogP contribution in [0.3, 0.4) is 0 Å². The van der Waals surface area contributed by atoms with Gasteiger partial charge in [-0.1, -0.05) is 12.1 Å². The maximum Gasteiger partial charge on any atom is 0.231 e. The van der Waals surface area contributed by atoms with E-state index in [1.807, 2.05) is 0 Å². The second kappa shape index (κ2) is 6.81. The molecule has 0 spiro atoms. The normalized spacial score (nSPS) is 27.5. The number of rotatable bonds is 4. The van der Waals surface area contributed by atoms with E-state index >= 15 is 0 Å². The lowest BCUT2D eigenvalue weighted by molar-refractivity contribution is -0.134. The monoisotopic (exact) mass is 359 g/mol. The van der Waals surface area contributed by atoms with E-state index in [1.165, 1.54) is 12.1 Å². The topological polar surface area (TPSA) is 76.4 Å². The quantitative estimate of drug-likeness (QED) is 0.869. The van der Waals surface area contributed by atoms with Crippen LogP contribution < -0.4 is 5.32 Å². The number of aromatic nitrogens is 2. The predicted octanol–water partition coefficient (Wildman–Crippen LogP) is 1.56. The maximum absolute atomic E-state index is 13.3. The molecule has 2 heterocycles. The third kappa shape index (κ3) is 2.91. The van der Waals surface area contributed by atoms with Crippen LogP contribution >= 0.6 is 0 Å². The third-order valence-electron chi connectivity index (χ3n) is 5.63. The van der Waals surface area contributed by atoms with E-state index in [-0.39, 0.29) is 23.8 Å². The van der Waals surface area contributed by atoms with Crippen molar-refractivity contribution in [2.24, 2.45) is 0 Å². The lowest BCUT2D eigenvalue weighted by Crippen LogP contribution is -2.60. The molecule has 1 aromatic carbocycles. The lowest BCUT2D eigenvalue weighted by atomic mass is 9.72. The number of hydrogen-bond acceptors (Lipinski definition) is 4. The summed E-state index contributed by atoms with van der Waals surface area (Å²) >= 11 is 0. The summed E-state index contributed by atoms with van der Waals surface area (Å²) in [6, 6.07) is 7.49. The average Bonchev–Trinajstić information content (AvgIpc) is 3.15. The smallest absolute Gasteiger partial charge is 0.231 e. The van der Waals surface area contributed by atoms with Crippen LogP contribution in [0, 0.1) is 5.82 Å². The van der Waals surface area contributed by atoms with Crippen LogP contribution in [0.2, 0.25) is 0 Å². The van der Waals surface area contributed by atoms with E-state index in [0.717, 1.165) is 5.56 Å². The van der Waals surface area contributed by atoms with Gasteiger partial charge in [-0.05, 0) is 43.0 Å². The number of carbonyl (C=O) groups excluding carboxylic acids is 1. The Morgan fingerprint density at radius 1 is 1.31 bits per heavy atom. The number of benzene rings is 1. The number of aliphatic hydroxyl groups is 1. The number of halogens is 1. The molecule has 7 heteroatoms. The second-order valence-corrected chi connectivity index (χ2v) is 7.06. The van der Waals surface area contributed by atoms with Crippen LogP contribution in [0.4, 0.5) is 4.39 Å². The Labute approximate surface area is 151 Å². The number of aliphatic hydroxyl groups excluding tert-OH is 1. The van der Waals surface area contributed by atoms with Crippen molar-refractivity contribution in [3.05, 3.63) is 54.1 Å². The van der Waals surface area contributed by atoms with Crippen molar-refractivity contribution < 1.29 is 19.0 Å². The van der Waals surface area contributed by atoms with Crippen LogP contribution in [0.25, 0.3) is 0 Å². The number of hydrogen-bond donors (Lipinski definition) is 2. The Bertz CT molecular complexity index is 757. The molecule has 0 radical (unpaired) electrons. The molecule has 138 valence electrons. The maximum atomic E-state index is 13.3. The van der Waals surface area contributed by atoms with Gasteiger partial charge in [0.05, 0.1) is 23.6 Å². The molecule has 2 aromatic rings. The van der Waals surface area contributed by atoms with Gasteiger partial charge in [-0.15, -0.1) is 0 Å². The number of nitrogens with zero attached hydrogens (tertiary/aromatic N) is 2. The summed E-state index contributed by atoms with van der Waals surface area (Å²) in [5.74, 6) is -0.418. The van der Waals surface area contributed by atoms with Crippen LogP contribution in [-0.2, 0) is 14.9 Å². The van der Waals surface area contributed by atoms with Crippen LogP contribution in [0.5, 0.6) is 0 Å². The molecule has 1 saturated carbocycles. The van der Waals surface area contributed by atoms with Gasteiger partial charge >= 0.3 is 0 Å². The molecule has 26 heavy (non-hydrogen) atoms. The molecule has 3 atom stereocenters. The molecule has 2 aliphatic rings. The molecule has 4 rings (SSSR count). The van der Waals surface area contributed by atoms with Gasteiger partial charge in [0.2, 0.25) is 5.91 Å². The van der Waals surface area contributed by atoms with Crippen molar-refractivity contribution in [2.45, 2.75) is 42.9 Å². The average molecular weight is 359 g/mol. The van der Waals surface area contributed by atoms with E-state index in [0.29, 0.717) is 32.5 Å². The molecule has 1 aliphatic heterocycles. The molecule has 2 fully saturated rings. The molecule has 2 N–H and O–H groups in total. The Morgan fingerprint density at radius 3 is 2.65 bits per heavy atom. The minimum Gasteiger partial charge on any atom is -0.391 e. The first-order chi connectivity index (χ1) is 12.6. The van der Waals surface area contributed by atoms with Crippen molar-refractivity contribution in [1.29, 1.82) is 0 Å². The van der Waals surface area contributed by atoms with Gasteiger partial charge in [0, 0.05) is 25.6 Å². The van der Waals surface area contributed by atoms with Crippen molar-refractivity contribution in [3.8, 4) is 0 Å². The summed E-state index contributed by atoms with van der Waals surface area (Å²) in [6.07, 6.45) is 4.50. The van der Waals surface area contributed by atoms with E-state index < -0.39 is 11.5 Å². The molecular weight excluding hydrogens is 337 g/mol. The fourth-order valence-electron chi connectivity index (χ4n) is 4.02. The van der Waals surface area contributed by atoms with Crippen LogP contribution in [-0.4, -0.2) is 46.2 Å². The highest BCUT2D eigenvalue weighted by atomic mass is 19.1. The van der Waals surface area contributed by atoms with Crippen LogP contribution in [0.1, 0.15) is 30.9 Å². The van der Waals surface area contributed by atoms with Crippen molar-refractivity contribution in [3.63, 3.8) is 0 Å². The van der Waals surface area contributed by atoms with Gasteiger partial charge in [-0.25, -0.2) is 4.39 Å². The summed E-state index contributed by atoms with van der Waals surface area (Å²) in [5.41, 5.74) is 0.0662. The van der Waals surface area contributed by atoms with E-state index in [1.54, 1.807) is 35.3 Å². The fraction of sp³-hybridized carbons (Fsp3) is 0.474. The first-order valence-electron chi connectivity index (χ1n) is 8.92. The number of nitrogens with one attached hydrogen (secondary N) is 1. The Balaban J connectivity index is 1.56. The lowest BCUT2D eigenvalue weighted by Gasteiger charge is -2.44. The number of carbonyl (C=O) groups is 1. The van der Waals surface area contributed by atoms with E-state index in [9.17, 15) is 14.3 Å². The predicted molar refractivity (Wildman–Crippen MR) is 91.9 cm³/mol. The van der Waals surface area contributed by atoms with Gasteiger partial charge in [0.25, 0.3) is 0 Å². The summed E-state index contributed by atoms with van der Waals surface area (Å²) in [5, 5.41) is 17.4. The number of ether oxygens (including phenoxy) is 1. The molecule has 1 aromatic heterocycles. The number of amides is 1. The third-order valence-corrected chi connectivity index (χ3v) is 5.63. The van der Waals surface area contributed by atoms with E-state index in [4.69, 9.17) is 4.74 Å². The summed E-state index contributed by atoms with van der Waals surface area (Å²) in [4.78, 5) is 13.3.